The van der Waals surface area contributed by atoms with Crippen molar-refractivity contribution in [1.82, 2.24) is 4.90 Å². The minimum absolute atomic E-state index is 0.0995. The Morgan fingerprint density at radius 2 is 1.12 bits per heavy atom. The van der Waals surface area contributed by atoms with Crippen LogP contribution in [0.15, 0.2) is 78.9 Å². The average molecular weight is 423 g/mol. The summed E-state index contributed by atoms with van der Waals surface area (Å²) in [6.45, 7) is 0. The summed E-state index contributed by atoms with van der Waals surface area (Å²) < 4.78 is 0. The lowest BCUT2D eigenvalue weighted by atomic mass is 9.55. The minimum Gasteiger partial charge on any atom is -0.480 e. The fourth-order valence-electron chi connectivity index (χ4n) is 6.13. The second-order valence-corrected chi connectivity index (χ2v) is 8.85. The van der Waals surface area contributed by atoms with Crippen LogP contribution in [0.5, 0.6) is 0 Å². The number of nitrogens with zero attached hydrogens (tertiary/aromatic N) is 1. The van der Waals surface area contributed by atoms with Crippen LogP contribution in [0.25, 0.3) is 0 Å². The van der Waals surface area contributed by atoms with Gasteiger partial charge in [-0.05, 0) is 27.8 Å². The number of carboxylic acids is 1. The van der Waals surface area contributed by atoms with Gasteiger partial charge in [-0.3, -0.25) is 14.5 Å². The molecule has 32 heavy (non-hydrogen) atoms. The fraction of sp³-hybridized carbons (Fsp3) is 0.222. The Balaban J connectivity index is 1.47. The van der Waals surface area contributed by atoms with Crippen molar-refractivity contribution in [2.24, 2.45) is 11.8 Å². The molecular weight excluding hydrogens is 402 g/mol. The molecule has 1 saturated heterocycles. The van der Waals surface area contributed by atoms with Gasteiger partial charge < -0.3 is 5.11 Å². The van der Waals surface area contributed by atoms with E-state index in [1.54, 1.807) is 0 Å². The van der Waals surface area contributed by atoms with Crippen molar-refractivity contribution in [3.63, 3.8) is 0 Å². The lowest BCUT2D eigenvalue weighted by molar-refractivity contribution is -0.155. The summed E-state index contributed by atoms with van der Waals surface area (Å²) in [7, 11) is 0. The molecule has 0 radical (unpaired) electrons. The molecule has 7 rings (SSSR count). The van der Waals surface area contributed by atoms with Crippen molar-refractivity contribution in [3.05, 3.63) is 107 Å². The van der Waals surface area contributed by atoms with E-state index >= 15 is 0 Å². The van der Waals surface area contributed by atoms with Gasteiger partial charge in [0.25, 0.3) is 0 Å². The van der Waals surface area contributed by atoms with E-state index in [2.05, 4.69) is 0 Å². The first-order valence-corrected chi connectivity index (χ1v) is 10.9. The molecule has 5 heteroatoms. The fourth-order valence-corrected chi connectivity index (χ4v) is 6.13. The first-order valence-electron chi connectivity index (χ1n) is 10.9. The number of benzene rings is 3. The van der Waals surface area contributed by atoms with E-state index in [-0.39, 0.29) is 30.1 Å². The second kappa shape index (κ2) is 6.89. The number of aliphatic carboxylic acids is 1. The highest BCUT2D eigenvalue weighted by atomic mass is 16.4. The predicted octanol–water partition coefficient (Wildman–Crippen LogP) is 3.57. The van der Waals surface area contributed by atoms with Crippen LogP contribution in [-0.4, -0.2) is 33.8 Å². The normalized spacial score (nSPS) is 25.8. The molecule has 0 aromatic heterocycles. The molecule has 0 saturated carbocycles. The second-order valence-electron chi connectivity index (χ2n) is 8.85. The Labute approximate surface area is 185 Å². The highest BCUT2D eigenvalue weighted by Gasteiger charge is 2.63. The summed E-state index contributed by atoms with van der Waals surface area (Å²) in [5.74, 6) is -3.46. The number of carbonyl (C=O) groups excluding carboxylic acids is 2. The van der Waals surface area contributed by atoms with Crippen molar-refractivity contribution in [2.75, 3.05) is 0 Å². The van der Waals surface area contributed by atoms with E-state index in [1.807, 2.05) is 78.9 Å². The van der Waals surface area contributed by atoms with Crippen LogP contribution in [0, 0.1) is 11.8 Å². The van der Waals surface area contributed by atoms with Gasteiger partial charge in [-0.2, -0.15) is 0 Å². The zero-order chi connectivity index (χ0) is 22.0. The highest BCUT2D eigenvalue weighted by Crippen LogP contribution is 2.61. The number of imide groups is 1. The number of rotatable bonds is 4. The smallest absolute Gasteiger partial charge is 0.327 e. The molecule has 3 aliphatic carbocycles. The number of carbonyl (C=O) groups is 3. The molecule has 0 spiro atoms. The van der Waals surface area contributed by atoms with Gasteiger partial charge in [0.2, 0.25) is 11.8 Å². The number of carboxylic acid groups (broad SMARTS) is 1. The van der Waals surface area contributed by atoms with E-state index in [1.165, 1.54) is 0 Å². The summed E-state index contributed by atoms with van der Waals surface area (Å²) in [6.07, 6.45) is 0.0995. The maximum atomic E-state index is 13.7. The van der Waals surface area contributed by atoms with Gasteiger partial charge in [0, 0.05) is 18.3 Å². The lowest BCUT2D eigenvalue weighted by Crippen LogP contribution is -2.47. The molecule has 2 amide bonds. The Hall–Kier alpha value is -3.73. The Bertz CT molecular complexity index is 1150. The van der Waals surface area contributed by atoms with E-state index < -0.39 is 23.8 Å². The number of amides is 2. The molecule has 1 fully saturated rings. The largest absolute Gasteiger partial charge is 0.480 e. The molecular formula is C27H21NO4. The van der Waals surface area contributed by atoms with Crippen LogP contribution in [0.3, 0.4) is 0 Å². The van der Waals surface area contributed by atoms with E-state index in [9.17, 15) is 19.5 Å². The third-order valence-corrected chi connectivity index (χ3v) is 7.35. The molecule has 1 aliphatic heterocycles. The maximum absolute atomic E-state index is 13.7. The SMILES string of the molecule is O=C(O)[C@@H](Cc1ccccc1)N1C(=O)[C@H]2C3c4ccccc4C(c4ccccc43)[C@@H]2C1=O. The van der Waals surface area contributed by atoms with Crippen molar-refractivity contribution in [2.45, 2.75) is 24.3 Å². The van der Waals surface area contributed by atoms with Gasteiger partial charge in [-0.15, -0.1) is 0 Å². The molecule has 5 nitrogen and oxygen atoms in total. The number of likely N-dealkylation sites (tertiary alicyclic amines) is 1. The summed E-state index contributed by atoms with van der Waals surface area (Å²) in [5.41, 5.74) is 5.10. The Morgan fingerprint density at radius 3 is 1.53 bits per heavy atom. The average Bonchev–Trinajstić information content (AvgIpc) is 3.08. The molecule has 3 aromatic carbocycles. The Kier molecular flexibility index (Phi) is 4.09. The highest BCUT2D eigenvalue weighted by molar-refractivity contribution is 6.10. The van der Waals surface area contributed by atoms with Gasteiger partial charge in [-0.25, -0.2) is 4.79 Å². The number of hydrogen-bond acceptors (Lipinski definition) is 3. The summed E-state index contributed by atoms with van der Waals surface area (Å²) in [5, 5.41) is 10.0. The molecule has 158 valence electrons. The van der Waals surface area contributed by atoms with Gasteiger partial charge >= 0.3 is 5.97 Å². The summed E-state index contributed by atoms with van der Waals surface area (Å²) in [4.78, 5) is 40.8. The van der Waals surface area contributed by atoms with E-state index in [4.69, 9.17) is 0 Å². The quantitative estimate of drug-likeness (QED) is 0.651. The van der Waals surface area contributed by atoms with Crippen LogP contribution in [0.1, 0.15) is 39.7 Å². The van der Waals surface area contributed by atoms with Crippen LogP contribution < -0.4 is 0 Å². The van der Waals surface area contributed by atoms with Crippen molar-refractivity contribution >= 4 is 17.8 Å². The minimum atomic E-state index is -1.21. The van der Waals surface area contributed by atoms with Crippen LogP contribution in [-0.2, 0) is 20.8 Å². The molecule has 0 unspecified atom stereocenters. The number of hydrogen-bond donors (Lipinski definition) is 1. The van der Waals surface area contributed by atoms with Crippen LogP contribution in [0.2, 0.25) is 0 Å². The van der Waals surface area contributed by atoms with Gasteiger partial charge in [-0.1, -0.05) is 78.9 Å². The third kappa shape index (κ3) is 2.48. The summed E-state index contributed by atoms with van der Waals surface area (Å²) >= 11 is 0. The predicted molar refractivity (Wildman–Crippen MR) is 117 cm³/mol. The van der Waals surface area contributed by atoms with Crippen molar-refractivity contribution in [1.29, 1.82) is 0 Å². The van der Waals surface area contributed by atoms with Crippen LogP contribution >= 0.6 is 0 Å². The Morgan fingerprint density at radius 1 is 0.719 bits per heavy atom. The molecule has 1 heterocycles. The van der Waals surface area contributed by atoms with Crippen LogP contribution in [0.4, 0.5) is 0 Å². The van der Waals surface area contributed by atoms with Gasteiger partial charge in [0.15, 0.2) is 0 Å². The maximum Gasteiger partial charge on any atom is 0.327 e. The third-order valence-electron chi connectivity index (χ3n) is 7.35. The first-order chi connectivity index (χ1) is 15.6. The summed E-state index contributed by atoms with van der Waals surface area (Å²) in [6, 6.07) is 24.0. The van der Waals surface area contributed by atoms with E-state index in [0.717, 1.165) is 32.7 Å². The monoisotopic (exact) mass is 423 g/mol. The molecule has 2 bridgehead atoms. The van der Waals surface area contributed by atoms with Gasteiger partial charge in [0.05, 0.1) is 11.8 Å². The van der Waals surface area contributed by atoms with E-state index in [0.29, 0.717) is 0 Å². The lowest BCUT2D eigenvalue weighted by Gasteiger charge is -2.45. The molecule has 3 aromatic rings. The first kappa shape index (κ1) is 19.0. The van der Waals surface area contributed by atoms with Gasteiger partial charge in [0.1, 0.15) is 6.04 Å². The topological polar surface area (TPSA) is 74.7 Å². The zero-order valence-corrected chi connectivity index (χ0v) is 17.2. The zero-order valence-electron chi connectivity index (χ0n) is 17.2. The molecule has 3 atom stereocenters. The molecule has 1 N–H and O–H groups in total. The van der Waals surface area contributed by atoms with Crippen molar-refractivity contribution in [3.8, 4) is 0 Å². The van der Waals surface area contributed by atoms with Crippen molar-refractivity contribution < 1.29 is 19.5 Å². The molecule has 4 aliphatic rings. The standard InChI is InChI=1S/C27H21NO4/c29-25-23-21-16-10-4-5-11-17(16)22(19-13-7-6-12-18(19)21)24(23)26(30)28(25)20(27(31)32)14-15-8-2-1-3-9-15/h1-13,20-24H,14H2,(H,31,32)/t20-,21?,22?,23+,24+/m1/s1.